The molecular weight excluding hydrogens is 245 g/mol. The molecule has 0 aliphatic carbocycles. The van der Waals surface area contributed by atoms with E-state index < -0.39 is 28.5 Å². The molecule has 0 N–H and O–H groups in total. The Labute approximate surface area is 93.1 Å². The number of alkyl halides is 3. The van der Waals surface area contributed by atoms with Crippen LogP contribution in [0.3, 0.4) is 0 Å². The van der Waals surface area contributed by atoms with Gasteiger partial charge in [0.05, 0.1) is 18.2 Å². The van der Waals surface area contributed by atoms with Crippen LogP contribution in [0.5, 0.6) is 11.5 Å². The third-order valence-electron chi connectivity index (χ3n) is 1.78. The molecule has 94 valence electrons. The van der Waals surface area contributed by atoms with Gasteiger partial charge in [-0.15, -0.1) is 13.2 Å². The molecule has 0 bridgehead atoms. The third-order valence-corrected chi connectivity index (χ3v) is 1.78. The molecule has 0 spiro atoms. The summed E-state index contributed by atoms with van der Waals surface area (Å²) in [4.78, 5) is 13.2. The highest BCUT2D eigenvalue weighted by atomic mass is 19.4. The van der Waals surface area contributed by atoms with Gasteiger partial charge in [-0.05, 0) is 6.92 Å². The summed E-state index contributed by atoms with van der Waals surface area (Å²) >= 11 is 0. The van der Waals surface area contributed by atoms with E-state index in [0.29, 0.717) is 0 Å². The van der Waals surface area contributed by atoms with Gasteiger partial charge in [-0.25, -0.2) is 0 Å². The molecule has 9 heteroatoms. The average molecular weight is 252 g/mol. The number of pyridine rings is 1. The van der Waals surface area contributed by atoms with Crippen LogP contribution in [0.25, 0.3) is 0 Å². The molecule has 1 aromatic rings. The summed E-state index contributed by atoms with van der Waals surface area (Å²) in [5, 5.41) is 10.7. The molecule has 0 radical (unpaired) electrons. The predicted octanol–water partition coefficient (Wildman–Crippen LogP) is 2.21. The molecule has 1 heterocycles. The van der Waals surface area contributed by atoms with E-state index >= 15 is 0 Å². The van der Waals surface area contributed by atoms with Gasteiger partial charge in [0, 0.05) is 0 Å². The second kappa shape index (κ2) is 4.44. The molecule has 0 unspecified atom stereocenters. The minimum atomic E-state index is -5.05. The Hall–Kier alpha value is -2.06. The van der Waals surface area contributed by atoms with Crippen LogP contribution in [0.1, 0.15) is 5.69 Å². The normalized spacial score (nSPS) is 11.1. The summed E-state index contributed by atoms with van der Waals surface area (Å²) in [5.41, 5.74) is -1.07. The number of hydrogen-bond acceptors (Lipinski definition) is 5. The Kier molecular flexibility index (Phi) is 3.39. The number of hydrogen-bond donors (Lipinski definition) is 0. The van der Waals surface area contributed by atoms with E-state index in [0.717, 1.165) is 13.3 Å². The highest BCUT2D eigenvalue weighted by Crippen LogP contribution is 2.40. The van der Waals surface area contributed by atoms with Crippen LogP contribution < -0.4 is 9.47 Å². The second-order valence-corrected chi connectivity index (χ2v) is 2.89. The molecule has 0 atom stereocenters. The zero-order chi connectivity index (χ0) is 13.2. The topological polar surface area (TPSA) is 74.5 Å². The maximum Gasteiger partial charge on any atom is 0.573 e. The highest BCUT2D eigenvalue weighted by molar-refractivity contribution is 5.57. The van der Waals surface area contributed by atoms with E-state index in [1.54, 1.807) is 0 Å². The lowest BCUT2D eigenvalue weighted by Gasteiger charge is -2.12. The zero-order valence-corrected chi connectivity index (χ0v) is 8.74. The smallest absolute Gasteiger partial charge is 0.491 e. The number of halogens is 3. The Bertz CT molecular complexity index is 447. The van der Waals surface area contributed by atoms with Crippen LogP contribution in [-0.4, -0.2) is 23.4 Å². The fraction of sp³-hybridized carbons (Fsp3) is 0.375. The average Bonchev–Trinajstić information content (AvgIpc) is 2.15. The van der Waals surface area contributed by atoms with Crippen LogP contribution in [0, 0.1) is 17.0 Å². The van der Waals surface area contributed by atoms with Crippen molar-refractivity contribution < 1.29 is 27.6 Å². The number of nitro groups is 1. The highest BCUT2D eigenvalue weighted by Gasteiger charge is 2.37. The SMILES string of the molecule is COc1cnc(C)c([N+](=O)[O-])c1OC(F)(F)F. The fourth-order valence-corrected chi connectivity index (χ4v) is 1.13. The van der Waals surface area contributed by atoms with Crippen molar-refractivity contribution in [3.8, 4) is 11.5 Å². The monoisotopic (exact) mass is 252 g/mol. The maximum atomic E-state index is 12.1. The van der Waals surface area contributed by atoms with Gasteiger partial charge in [0.2, 0.25) is 0 Å². The molecule has 0 aliphatic rings. The Morgan fingerprint density at radius 1 is 1.47 bits per heavy atom. The summed E-state index contributed by atoms with van der Waals surface area (Å²) < 4.78 is 44.5. The molecule has 1 rings (SSSR count). The fourth-order valence-electron chi connectivity index (χ4n) is 1.13. The molecule has 6 nitrogen and oxygen atoms in total. The summed E-state index contributed by atoms with van der Waals surface area (Å²) in [6, 6.07) is 0. The van der Waals surface area contributed by atoms with Gasteiger partial charge in [0.1, 0.15) is 5.69 Å². The van der Waals surface area contributed by atoms with Gasteiger partial charge >= 0.3 is 12.0 Å². The largest absolute Gasteiger partial charge is 0.573 e. The first-order chi connectivity index (χ1) is 7.76. The van der Waals surface area contributed by atoms with Crippen LogP contribution in [-0.2, 0) is 0 Å². The van der Waals surface area contributed by atoms with Crippen molar-refractivity contribution in [2.24, 2.45) is 0 Å². The number of aryl methyl sites for hydroxylation is 1. The van der Waals surface area contributed by atoms with Gasteiger partial charge < -0.3 is 9.47 Å². The van der Waals surface area contributed by atoms with E-state index in [4.69, 9.17) is 0 Å². The summed E-state index contributed by atoms with van der Waals surface area (Å²) in [6.07, 6.45) is -4.13. The quantitative estimate of drug-likeness (QED) is 0.609. The van der Waals surface area contributed by atoms with E-state index in [1.807, 2.05) is 0 Å². The number of methoxy groups -OCH3 is 1. The zero-order valence-electron chi connectivity index (χ0n) is 8.74. The molecule has 0 fully saturated rings. The van der Waals surface area contributed by atoms with Crippen LogP contribution >= 0.6 is 0 Å². The number of aromatic nitrogens is 1. The Balaban J connectivity index is 3.40. The van der Waals surface area contributed by atoms with Crippen molar-refractivity contribution in [3.63, 3.8) is 0 Å². The van der Waals surface area contributed by atoms with Crippen molar-refractivity contribution in [2.45, 2.75) is 13.3 Å². The van der Waals surface area contributed by atoms with Crippen molar-refractivity contribution in [2.75, 3.05) is 7.11 Å². The van der Waals surface area contributed by atoms with Crippen molar-refractivity contribution in [3.05, 3.63) is 22.0 Å². The minimum absolute atomic E-state index is 0.199. The van der Waals surface area contributed by atoms with E-state index in [1.165, 1.54) is 6.92 Å². The Morgan fingerprint density at radius 2 is 2.06 bits per heavy atom. The molecule has 17 heavy (non-hydrogen) atoms. The van der Waals surface area contributed by atoms with Gasteiger partial charge in [-0.2, -0.15) is 0 Å². The number of nitrogens with zero attached hydrogens (tertiary/aromatic N) is 2. The van der Waals surface area contributed by atoms with E-state index in [2.05, 4.69) is 14.5 Å². The van der Waals surface area contributed by atoms with Crippen molar-refractivity contribution >= 4 is 5.69 Å². The molecule has 0 saturated heterocycles. The molecule has 0 aromatic carbocycles. The van der Waals surface area contributed by atoms with Gasteiger partial charge in [0.15, 0.2) is 5.75 Å². The summed E-state index contributed by atoms with van der Waals surface area (Å²) in [5.74, 6) is -1.46. The maximum absolute atomic E-state index is 12.1. The van der Waals surface area contributed by atoms with Gasteiger partial charge in [-0.3, -0.25) is 15.1 Å². The first-order valence-electron chi connectivity index (χ1n) is 4.20. The lowest BCUT2D eigenvalue weighted by atomic mass is 10.3. The summed E-state index contributed by atoms with van der Waals surface area (Å²) in [7, 11) is 1.05. The predicted molar refractivity (Wildman–Crippen MR) is 48.9 cm³/mol. The first-order valence-corrected chi connectivity index (χ1v) is 4.20. The molecular formula is C8H7F3N2O4. The van der Waals surface area contributed by atoms with Crippen molar-refractivity contribution in [1.29, 1.82) is 0 Å². The van der Waals surface area contributed by atoms with Gasteiger partial charge in [-0.1, -0.05) is 0 Å². The van der Waals surface area contributed by atoms with E-state index in [-0.39, 0.29) is 5.69 Å². The molecule has 0 aliphatic heterocycles. The van der Waals surface area contributed by atoms with Crippen LogP contribution in [0.2, 0.25) is 0 Å². The van der Waals surface area contributed by atoms with Crippen molar-refractivity contribution in [1.82, 2.24) is 4.98 Å². The van der Waals surface area contributed by atoms with Crippen LogP contribution in [0.4, 0.5) is 18.9 Å². The molecule has 0 saturated carbocycles. The van der Waals surface area contributed by atoms with Gasteiger partial charge in [0.25, 0.3) is 5.75 Å². The summed E-state index contributed by atoms with van der Waals surface area (Å²) in [6.45, 7) is 1.20. The lowest BCUT2D eigenvalue weighted by Crippen LogP contribution is -2.19. The molecule has 1 aromatic heterocycles. The van der Waals surface area contributed by atoms with Crippen LogP contribution in [0.15, 0.2) is 6.20 Å². The standard InChI is InChI=1S/C8H7F3N2O4/c1-4-6(13(14)15)7(17-8(9,10)11)5(16-2)3-12-4/h3H,1-2H3. The minimum Gasteiger partial charge on any atom is -0.491 e. The third kappa shape index (κ3) is 2.95. The number of rotatable bonds is 3. The van der Waals surface area contributed by atoms with E-state index in [9.17, 15) is 23.3 Å². The lowest BCUT2D eigenvalue weighted by molar-refractivity contribution is -0.389. The first kappa shape index (κ1) is 13.0. The Morgan fingerprint density at radius 3 is 2.47 bits per heavy atom. The molecule has 0 amide bonds. The second-order valence-electron chi connectivity index (χ2n) is 2.89. The number of ether oxygens (including phenoxy) is 2.